The fourth-order valence-corrected chi connectivity index (χ4v) is 9.46. The van der Waals surface area contributed by atoms with Gasteiger partial charge in [-0.15, -0.1) is 0 Å². The summed E-state index contributed by atoms with van der Waals surface area (Å²) in [5.41, 5.74) is 1.97. The molecule has 0 aliphatic heterocycles. The first kappa shape index (κ1) is 19.3. The van der Waals surface area contributed by atoms with Gasteiger partial charge in [-0.2, -0.15) is 0 Å². The largest absolute Gasteiger partial charge is 0.0651 e. The highest BCUT2D eigenvalue weighted by Crippen LogP contribution is 2.72. The predicted molar refractivity (Wildman–Crippen MR) is 113 cm³/mol. The van der Waals surface area contributed by atoms with E-state index in [1.807, 2.05) is 0 Å². The molecule has 0 aromatic rings. The van der Waals surface area contributed by atoms with Crippen molar-refractivity contribution in [1.29, 1.82) is 0 Å². The summed E-state index contributed by atoms with van der Waals surface area (Å²) in [6, 6.07) is 0. The van der Waals surface area contributed by atoms with Crippen molar-refractivity contribution in [2.24, 2.45) is 51.8 Å². The summed E-state index contributed by atoms with van der Waals surface area (Å²) >= 11 is 0. The minimum atomic E-state index is 0.602. The Hall–Kier alpha value is 0. The first-order chi connectivity index (χ1) is 12.3. The lowest BCUT2D eigenvalue weighted by Crippen LogP contribution is -2.60. The van der Waals surface area contributed by atoms with Gasteiger partial charge in [0.2, 0.25) is 0 Å². The van der Waals surface area contributed by atoms with Gasteiger partial charge in [0.25, 0.3) is 0 Å². The van der Waals surface area contributed by atoms with E-state index in [-0.39, 0.29) is 0 Å². The molecule has 4 saturated carbocycles. The van der Waals surface area contributed by atoms with Crippen molar-refractivity contribution < 1.29 is 0 Å². The number of hydrogen-bond donors (Lipinski definition) is 0. The average molecular weight is 359 g/mol. The van der Waals surface area contributed by atoms with Crippen LogP contribution in [0.25, 0.3) is 0 Å². The highest BCUT2D eigenvalue weighted by Gasteiger charge is 2.64. The Morgan fingerprint density at radius 1 is 0.923 bits per heavy atom. The van der Waals surface area contributed by atoms with Crippen molar-refractivity contribution in [2.75, 3.05) is 0 Å². The van der Waals surface area contributed by atoms with Crippen LogP contribution in [0, 0.1) is 51.8 Å². The van der Waals surface area contributed by atoms with Gasteiger partial charge in [0, 0.05) is 0 Å². The van der Waals surface area contributed by atoms with Gasteiger partial charge in [-0.1, -0.05) is 60.8 Å². The van der Waals surface area contributed by atoms with Gasteiger partial charge in [-0.05, 0) is 103 Å². The lowest BCUT2D eigenvalue weighted by Gasteiger charge is -2.67. The zero-order chi connectivity index (χ0) is 18.7. The summed E-state index contributed by atoms with van der Waals surface area (Å²) in [7, 11) is 0. The van der Waals surface area contributed by atoms with Crippen LogP contribution in [0.5, 0.6) is 0 Å². The molecule has 0 heteroatoms. The summed E-state index contributed by atoms with van der Waals surface area (Å²) < 4.78 is 0. The smallest absolute Gasteiger partial charge is 0.0240 e. The van der Waals surface area contributed by atoms with E-state index in [1.165, 1.54) is 44.9 Å². The van der Waals surface area contributed by atoms with Crippen molar-refractivity contribution in [3.8, 4) is 0 Å². The third kappa shape index (κ3) is 2.52. The molecular weight excluding hydrogens is 312 g/mol. The normalized spacial score (nSPS) is 54.9. The van der Waals surface area contributed by atoms with Gasteiger partial charge in [0.05, 0.1) is 0 Å². The Balaban J connectivity index is 1.65. The third-order valence-corrected chi connectivity index (χ3v) is 11.4. The van der Waals surface area contributed by atoms with Gasteiger partial charge in [0.1, 0.15) is 0 Å². The topological polar surface area (TPSA) is 0 Å². The third-order valence-electron chi connectivity index (χ3n) is 11.4. The number of rotatable bonds is 3. The molecule has 4 aliphatic rings. The van der Waals surface area contributed by atoms with Crippen molar-refractivity contribution in [1.82, 2.24) is 0 Å². The maximum absolute atomic E-state index is 2.76. The van der Waals surface area contributed by atoms with Gasteiger partial charge in [-0.3, -0.25) is 0 Å². The Morgan fingerprint density at radius 3 is 2.38 bits per heavy atom. The van der Waals surface area contributed by atoms with E-state index >= 15 is 0 Å². The Labute approximate surface area is 164 Å². The molecule has 0 bridgehead atoms. The molecule has 0 heterocycles. The number of hydrogen-bond acceptors (Lipinski definition) is 0. The fraction of sp³-hybridized carbons (Fsp3) is 1.00. The van der Waals surface area contributed by atoms with Gasteiger partial charge >= 0.3 is 0 Å². The highest BCUT2D eigenvalue weighted by molar-refractivity contribution is 5.13. The van der Waals surface area contributed by atoms with Crippen LogP contribution in [0.15, 0.2) is 0 Å². The van der Waals surface area contributed by atoms with Crippen LogP contribution in [-0.4, -0.2) is 0 Å². The molecule has 4 fully saturated rings. The maximum Gasteiger partial charge on any atom is -0.0240 e. The van der Waals surface area contributed by atoms with Crippen LogP contribution in [0.3, 0.4) is 0 Å². The van der Waals surface area contributed by atoms with Crippen molar-refractivity contribution in [3.63, 3.8) is 0 Å². The van der Waals surface area contributed by atoms with E-state index in [4.69, 9.17) is 0 Å². The summed E-state index contributed by atoms with van der Waals surface area (Å²) in [5.74, 6) is 6.02. The van der Waals surface area contributed by atoms with Crippen LogP contribution < -0.4 is 0 Å². The Kier molecular flexibility index (Phi) is 4.84. The highest BCUT2D eigenvalue weighted by atomic mass is 14.7. The summed E-state index contributed by atoms with van der Waals surface area (Å²) in [4.78, 5) is 0. The molecule has 9 atom stereocenters. The SMILES string of the molecule is CCC(C)C1CCC2(C)C3CCC4(CC)CCCC4C3C(C)CC2(C)C1. The van der Waals surface area contributed by atoms with E-state index in [1.54, 1.807) is 25.7 Å². The molecular formula is C26H46. The molecule has 0 saturated heterocycles. The minimum absolute atomic E-state index is 0.602. The van der Waals surface area contributed by atoms with E-state index in [0.29, 0.717) is 10.8 Å². The van der Waals surface area contributed by atoms with Crippen molar-refractivity contribution >= 4 is 0 Å². The Morgan fingerprint density at radius 2 is 1.69 bits per heavy atom. The molecule has 0 amide bonds. The molecule has 0 radical (unpaired) electrons. The van der Waals surface area contributed by atoms with Crippen LogP contribution in [0.1, 0.15) is 112 Å². The Bertz CT molecular complexity index is 522. The predicted octanol–water partition coefficient (Wildman–Crippen LogP) is 8.11. The van der Waals surface area contributed by atoms with E-state index in [2.05, 4.69) is 41.5 Å². The standard InChI is InChI=1S/C26H46/c1-7-18(3)20-11-14-25(6)21-12-15-26(8-2)13-9-10-22(26)23(21)19(4)16-24(25,5)17-20/h18-23H,7-17H2,1-6H3. The second-order valence-corrected chi connectivity index (χ2v) is 12.0. The van der Waals surface area contributed by atoms with E-state index < -0.39 is 0 Å². The molecule has 0 aromatic heterocycles. The summed E-state index contributed by atoms with van der Waals surface area (Å²) in [5, 5.41) is 0. The molecule has 26 heavy (non-hydrogen) atoms. The number of fused-ring (bicyclic) bond motifs is 5. The lowest BCUT2D eigenvalue weighted by atomic mass is 9.37. The fourth-order valence-electron chi connectivity index (χ4n) is 9.46. The maximum atomic E-state index is 2.76. The van der Waals surface area contributed by atoms with E-state index in [0.717, 1.165) is 40.9 Å². The molecule has 0 spiro atoms. The zero-order valence-electron chi connectivity index (χ0n) is 18.7. The zero-order valence-corrected chi connectivity index (χ0v) is 18.7. The molecule has 9 unspecified atom stereocenters. The van der Waals surface area contributed by atoms with Crippen LogP contribution in [0.4, 0.5) is 0 Å². The molecule has 4 aliphatic carbocycles. The van der Waals surface area contributed by atoms with Crippen LogP contribution in [0.2, 0.25) is 0 Å². The van der Waals surface area contributed by atoms with Crippen LogP contribution >= 0.6 is 0 Å². The first-order valence-corrected chi connectivity index (χ1v) is 12.3. The molecule has 0 aromatic carbocycles. The average Bonchev–Trinajstić information content (AvgIpc) is 3.06. The molecule has 0 N–H and O–H groups in total. The van der Waals surface area contributed by atoms with Crippen LogP contribution in [-0.2, 0) is 0 Å². The van der Waals surface area contributed by atoms with Crippen molar-refractivity contribution in [2.45, 2.75) is 112 Å². The van der Waals surface area contributed by atoms with Crippen molar-refractivity contribution in [3.05, 3.63) is 0 Å². The first-order valence-electron chi connectivity index (χ1n) is 12.3. The van der Waals surface area contributed by atoms with Gasteiger partial charge < -0.3 is 0 Å². The van der Waals surface area contributed by atoms with Gasteiger partial charge in [-0.25, -0.2) is 0 Å². The lowest BCUT2D eigenvalue weighted by molar-refractivity contribution is -0.184. The quantitative estimate of drug-likeness (QED) is 0.478. The summed E-state index contributed by atoms with van der Waals surface area (Å²) in [6.45, 7) is 15.6. The monoisotopic (exact) mass is 358 g/mol. The van der Waals surface area contributed by atoms with E-state index in [9.17, 15) is 0 Å². The van der Waals surface area contributed by atoms with Gasteiger partial charge in [0.15, 0.2) is 0 Å². The molecule has 0 nitrogen and oxygen atoms in total. The second-order valence-electron chi connectivity index (χ2n) is 12.0. The molecule has 150 valence electrons. The second kappa shape index (κ2) is 6.52. The summed E-state index contributed by atoms with van der Waals surface area (Å²) in [6.07, 6.45) is 16.7. The molecule has 4 rings (SSSR count). The minimum Gasteiger partial charge on any atom is -0.0651 e.